The Balaban J connectivity index is 2.21. The van der Waals surface area contributed by atoms with Crippen molar-refractivity contribution in [1.29, 1.82) is 0 Å². The lowest BCUT2D eigenvalue weighted by Crippen LogP contribution is -2.12. The quantitative estimate of drug-likeness (QED) is 0.863. The largest absolute Gasteiger partial charge is 0.321 e. The van der Waals surface area contributed by atoms with Gasteiger partial charge in [-0.15, -0.1) is 0 Å². The van der Waals surface area contributed by atoms with Gasteiger partial charge in [0.25, 0.3) is 5.91 Å². The summed E-state index contributed by atoms with van der Waals surface area (Å²) < 4.78 is 1.61. The molecule has 0 saturated carbocycles. The summed E-state index contributed by atoms with van der Waals surface area (Å²) in [7, 11) is 0. The number of nitrogens with one attached hydrogen (secondary N) is 1. The number of halogens is 2. The number of nitrogens with zero attached hydrogens (tertiary/aromatic N) is 1. The van der Waals surface area contributed by atoms with Gasteiger partial charge in [-0.05, 0) is 53.2 Å². The van der Waals surface area contributed by atoms with E-state index in [2.05, 4.69) is 42.2 Å². The summed E-state index contributed by atoms with van der Waals surface area (Å²) in [6, 6.07) is 9.14. The SMILES string of the molecule is Cc1ccc(NC(=O)c2cc(Br)ccc2Br)cn1. The summed E-state index contributed by atoms with van der Waals surface area (Å²) in [6.45, 7) is 1.90. The number of carbonyl (C=O) groups is 1. The van der Waals surface area contributed by atoms with Crippen LogP contribution >= 0.6 is 31.9 Å². The van der Waals surface area contributed by atoms with Crippen LogP contribution in [0.25, 0.3) is 0 Å². The molecule has 2 aromatic rings. The predicted molar refractivity (Wildman–Crippen MR) is 78.8 cm³/mol. The smallest absolute Gasteiger partial charge is 0.256 e. The Kier molecular flexibility index (Phi) is 4.14. The molecule has 0 aliphatic rings. The third-order valence-corrected chi connectivity index (χ3v) is 3.53. The number of carbonyl (C=O) groups excluding carboxylic acids is 1. The average molecular weight is 370 g/mol. The first-order valence-corrected chi connectivity index (χ1v) is 6.84. The predicted octanol–water partition coefficient (Wildman–Crippen LogP) is 4.17. The van der Waals surface area contributed by atoms with Gasteiger partial charge in [-0.25, -0.2) is 0 Å². The van der Waals surface area contributed by atoms with E-state index in [1.165, 1.54) is 0 Å². The zero-order valence-corrected chi connectivity index (χ0v) is 12.7. The van der Waals surface area contributed by atoms with Gasteiger partial charge >= 0.3 is 0 Å². The molecule has 1 aromatic heterocycles. The van der Waals surface area contributed by atoms with E-state index in [9.17, 15) is 4.79 Å². The summed E-state index contributed by atoms with van der Waals surface area (Å²) in [4.78, 5) is 16.2. The van der Waals surface area contributed by atoms with Crippen LogP contribution in [0, 0.1) is 6.92 Å². The van der Waals surface area contributed by atoms with E-state index < -0.39 is 0 Å². The van der Waals surface area contributed by atoms with Gasteiger partial charge in [-0.2, -0.15) is 0 Å². The van der Waals surface area contributed by atoms with Crippen LogP contribution in [0.3, 0.4) is 0 Å². The van der Waals surface area contributed by atoms with Crippen LogP contribution in [0.2, 0.25) is 0 Å². The minimum Gasteiger partial charge on any atom is -0.321 e. The van der Waals surface area contributed by atoms with Crippen LogP contribution in [0.1, 0.15) is 16.1 Å². The van der Waals surface area contributed by atoms with E-state index in [0.29, 0.717) is 11.3 Å². The molecule has 1 aromatic carbocycles. The minimum absolute atomic E-state index is 0.172. The lowest BCUT2D eigenvalue weighted by Gasteiger charge is -2.07. The maximum Gasteiger partial charge on any atom is 0.256 e. The maximum absolute atomic E-state index is 12.1. The molecular formula is C13H10Br2N2O. The highest BCUT2D eigenvalue weighted by molar-refractivity contribution is 9.11. The van der Waals surface area contributed by atoms with E-state index in [4.69, 9.17) is 0 Å². The van der Waals surface area contributed by atoms with Crippen LogP contribution in [0.15, 0.2) is 45.5 Å². The Labute approximate surface area is 122 Å². The minimum atomic E-state index is -0.172. The second kappa shape index (κ2) is 5.63. The number of rotatable bonds is 2. The number of aromatic nitrogens is 1. The van der Waals surface area contributed by atoms with Crippen molar-refractivity contribution >= 4 is 43.5 Å². The first-order chi connectivity index (χ1) is 8.56. The summed E-state index contributed by atoms with van der Waals surface area (Å²) >= 11 is 6.71. The molecule has 1 heterocycles. The summed E-state index contributed by atoms with van der Waals surface area (Å²) in [5, 5.41) is 2.80. The van der Waals surface area contributed by atoms with Crippen LogP contribution in [0.4, 0.5) is 5.69 Å². The summed E-state index contributed by atoms with van der Waals surface area (Å²) in [5.74, 6) is -0.172. The van der Waals surface area contributed by atoms with Crippen LogP contribution in [-0.4, -0.2) is 10.9 Å². The fourth-order valence-electron chi connectivity index (χ4n) is 1.41. The van der Waals surface area contributed by atoms with Gasteiger partial charge in [0.2, 0.25) is 0 Å². The highest BCUT2D eigenvalue weighted by Gasteiger charge is 2.10. The van der Waals surface area contributed by atoms with Gasteiger partial charge in [0.05, 0.1) is 17.4 Å². The monoisotopic (exact) mass is 368 g/mol. The molecule has 92 valence electrons. The second-order valence-electron chi connectivity index (χ2n) is 3.77. The fraction of sp³-hybridized carbons (Fsp3) is 0.0769. The highest BCUT2D eigenvalue weighted by Crippen LogP contribution is 2.22. The summed E-state index contributed by atoms with van der Waals surface area (Å²) in [5.41, 5.74) is 2.17. The topological polar surface area (TPSA) is 42.0 Å². The Morgan fingerprint density at radius 2 is 2.00 bits per heavy atom. The van der Waals surface area contributed by atoms with Gasteiger partial charge in [-0.3, -0.25) is 9.78 Å². The first kappa shape index (κ1) is 13.2. The highest BCUT2D eigenvalue weighted by atomic mass is 79.9. The molecule has 0 bridgehead atoms. The number of hydrogen-bond donors (Lipinski definition) is 1. The second-order valence-corrected chi connectivity index (χ2v) is 5.54. The third-order valence-electron chi connectivity index (χ3n) is 2.34. The van der Waals surface area contributed by atoms with Crippen LogP contribution in [0.5, 0.6) is 0 Å². The van der Waals surface area contributed by atoms with Crippen LogP contribution in [-0.2, 0) is 0 Å². The van der Waals surface area contributed by atoms with E-state index in [1.54, 1.807) is 12.3 Å². The van der Waals surface area contributed by atoms with Crippen molar-refractivity contribution in [2.24, 2.45) is 0 Å². The molecule has 0 aliphatic heterocycles. The number of aryl methyl sites for hydroxylation is 1. The Morgan fingerprint density at radius 1 is 1.22 bits per heavy atom. The molecule has 0 fully saturated rings. The van der Waals surface area contributed by atoms with Crippen molar-refractivity contribution in [3.8, 4) is 0 Å². The Bertz CT molecular complexity index is 582. The molecular weight excluding hydrogens is 360 g/mol. The van der Waals surface area contributed by atoms with Crippen molar-refractivity contribution in [1.82, 2.24) is 4.98 Å². The van der Waals surface area contributed by atoms with Gasteiger partial charge in [0.1, 0.15) is 0 Å². The van der Waals surface area contributed by atoms with E-state index in [-0.39, 0.29) is 5.91 Å². The molecule has 0 saturated heterocycles. The van der Waals surface area contributed by atoms with Gasteiger partial charge in [-0.1, -0.05) is 15.9 Å². The zero-order valence-electron chi connectivity index (χ0n) is 9.58. The maximum atomic E-state index is 12.1. The van der Waals surface area contributed by atoms with Crippen molar-refractivity contribution < 1.29 is 4.79 Å². The molecule has 1 N–H and O–H groups in total. The molecule has 18 heavy (non-hydrogen) atoms. The number of hydrogen-bond acceptors (Lipinski definition) is 2. The van der Waals surface area contributed by atoms with Crippen molar-refractivity contribution in [3.05, 3.63) is 56.7 Å². The van der Waals surface area contributed by atoms with Crippen LogP contribution < -0.4 is 5.32 Å². The number of anilines is 1. The molecule has 0 spiro atoms. The van der Waals surface area contributed by atoms with Crippen molar-refractivity contribution in [2.75, 3.05) is 5.32 Å². The molecule has 0 unspecified atom stereocenters. The molecule has 0 aliphatic carbocycles. The molecule has 2 rings (SSSR count). The van der Waals surface area contributed by atoms with E-state index >= 15 is 0 Å². The van der Waals surface area contributed by atoms with Crippen molar-refractivity contribution in [2.45, 2.75) is 6.92 Å². The lowest BCUT2D eigenvalue weighted by atomic mass is 10.2. The third kappa shape index (κ3) is 3.17. The first-order valence-electron chi connectivity index (χ1n) is 5.25. The number of pyridine rings is 1. The average Bonchev–Trinajstić information content (AvgIpc) is 2.35. The molecule has 5 heteroatoms. The normalized spacial score (nSPS) is 10.2. The molecule has 0 radical (unpaired) electrons. The molecule has 1 amide bonds. The molecule has 3 nitrogen and oxygen atoms in total. The van der Waals surface area contributed by atoms with Gasteiger partial charge in [0.15, 0.2) is 0 Å². The van der Waals surface area contributed by atoms with Gasteiger partial charge < -0.3 is 5.32 Å². The van der Waals surface area contributed by atoms with Gasteiger partial charge in [0, 0.05) is 14.6 Å². The molecule has 0 atom stereocenters. The number of benzene rings is 1. The Hall–Kier alpha value is -1.20. The number of amides is 1. The Morgan fingerprint density at radius 3 is 2.67 bits per heavy atom. The fourth-order valence-corrected chi connectivity index (χ4v) is 2.20. The van der Waals surface area contributed by atoms with Crippen molar-refractivity contribution in [3.63, 3.8) is 0 Å². The zero-order chi connectivity index (χ0) is 13.1. The van der Waals surface area contributed by atoms with E-state index in [1.807, 2.05) is 31.2 Å². The van der Waals surface area contributed by atoms with E-state index in [0.717, 1.165) is 14.6 Å². The standard InChI is InChI=1S/C13H10Br2N2O/c1-8-2-4-10(7-16-8)17-13(18)11-6-9(14)3-5-12(11)15/h2-7H,1H3,(H,17,18). The lowest BCUT2D eigenvalue weighted by molar-refractivity contribution is 0.102. The summed E-state index contributed by atoms with van der Waals surface area (Å²) in [6.07, 6.45) is 1.64.